The number of ether oxygens (including phenoxy) is 1. The van der Waals surface area contributed by atoms with Crippen molar-refractivity contribution < 1.29 is 18.6 Å². The van der Waals surface area contributed by atoms with E-state index in [0.29, 0.717) is 28.5 Å². The van der Waals surface area contributed by atoms with E-state index >= 15 is 0 Å². The van der Waals surface area contributed by atoms with E-state index in [2.05, 4.69) is 20.2 Å². The molecule has 4 rings (SSSR count). The lowest BCUT2D eigenvalue weighted by Crippen LogP contribution is -2.29. The first-order valence-electron chi connectivity index (χ1n) is 11.1. The summed E-state index contributed by atoms with van der Waals surface area (Å²) in [7, 11) is 0. The second kappa shape index (κ2) is 10.1. The number of nitrogens with zero attached hydrogens (tertiary/aromatic N) is 3. The molecule has 7 nitrogen and oxygen atoms in total. The third kappa shape index (κ3) is 5.83. The van der Waals surface area contributed by atoms with Crippen LogP contribution in [0.15, 0.2) is 48.7 Å². The minimum atomic E-state index is -0.947. The zero-order valence-corrected chi connectivity index (χ0v) is 20.7. The van der Waals surface area contributed by atoms with Crippen LogP contribution in [0.25, 0.3) is 16.8 Å². The number of pyridine rings is 1. The van der Waals surface area contributed by atoms with Crippen LogP contribution >= 0.6 is 11.9 Å². The zero-order valence-electron chi connectivity index (χ0n) is 19.9. The number of benzene rings is 2. The molecule has 2 aromatic carbocycles. The molecule has 35 heavy (non-hydrogen) atoms. The maximum atomic E-state index is 14.4. The lowest BCUT2D eigenvalue weighted by molar-refractivity contribution is 0.0945. The second-order valence-electron chi connectivity index (χ2n) is 8.67. The van der Waals surface area contributed by atoms with Crippen LogP contribution in [0.4, 0.5) is 20.2 Å². The topological polar surface area (TPSA) is 83.7 Å². The molecule has 0 radical (unpaired) electrons. The van der Waals surface area contributed by atoms with Gasteiger partial charge in [0.15, 0.2) is 17.2 Å². The van der Waals surface area contributed by atoms with E-state index in [1.165, 1.54) is 6.07 Å². The van der Waals surface area contributed by atoms with Crippen molar-refractivity contribution >= 4 is 29.0 Å². The SMILES string of the molecule is CCSNc1ccc(Oc2ccc(F)cc2F)c(-c2cc(NCC(C)(C)O)c3nnc(C)n3c2)c1. The quantitative estimate of drug-likeness (QED) is 0.242. The van der Waals surface area contributed by atoms with Crippen molar-refractivity contribution in [3.05, 3.63) is 66.1 Å². The Kier molecular flexibility index (Phi) is 7.13. The Morgan fingerprint density at radius 3 is 2.57 bits per heavy atom. The fourth-order valence-electron chi connectivity index (χ4n) is 3.43. The molecule has 0 atom stereocenters. The average molecular weight is 500 g/mol. The number of fused-ring (bicyclic) bond motifs is 1. The van der Waals surface area contributed by atoms with Gasteiger partial charge in [0.05, 0.1) is 11.3 Å². The maximum Gasteiger partial charge on any atom is 0.184 e. The van der Waals surface area contributed by atoms with Gasteiger partial charge < -0.3 is 19.9 Å². The van der Waals surface area contributed by atoms with Crippen LogP contribution in [0.2, 0.25) is 0 Å². The van der Waals surface area contributed by atoms with Crippen LogP contribution in [0, 0.1) is 18.6 Å². The number of nitrogens with one attached hydrogen (secondary N) is 2. The summed E-state index contributed by atoms with van der Waals surface area (Å²) in [6.07, 6.45) is 1.87. The summed E-state index contributed by atoms with van der Waals surface area (Å²) >= 11 is 1.54. The molecule has 2 aromatic heterocycles. The minimum absolute atomic E-state index is 0.0850. The summed E-state index contributed by atoms with van der Waals surface area (Å²) < 4.78 is 38.8. The number of aryl methyl sites for hydroxylation is 1. The van der Waals surface area contributed by atoms with Crippen LogP contribution < -0.4 is 14.8 Å². The Morgan fingerprint density at radius 2 is 1.86 bits per heavy atom. The Bertz CT molecular complexity index is 1350. The predicted molar refractivity (Wildman–Crippen MR) is 136 cm³/mol. The molecule has 4 aromatic rings. The van der Waals surface area contributed by atoms with E-state index in [1.54, 1.807) is 31.9 Å². The fourth-order valence-corrected chi connectivity index (χ4v) is 3.87. The second-order valence-corrected chi connectivity index (χ2v) is 9.74. The number of aromatic nitrogens is 3. The van der Waals surface area contributed by atoms with Gasteiger partial charge in [-0.05, 0) is 57.2 Å². The van der Waals surface area contributed by atoms with Crippen molar-refractivity contribution in [3.63, 3.8) is 0 Å². The number of aliphatic hydroxyl groups is 1. The number of hydrogen-bond acceptors (Lipinski definition) is 7. The first-order valence-corrected chi connectivity index (χ1v) is 12.1. The van der Waals surface area contributed by atoms with Crippen LogP contribution in [-0.2, 0) is 0 Å². The minimum Gasteiger partial charge on any atom is -0.454 e. The number of rotatable bonds is 9. The molecule has 0 fully saturated rings. The highest BCUT2D eigenvalue weighted by Gasteiger charge is 2.18. The van der Waals surface area contributed by atoms with Gasteiger partial charge in [0.2, 0.25) is 0 Å². The monoisotopic (exact) mass is 499 g/mol. The van der Waals surface area contributed by atoms with Crippen molar-refractivity contribution in [2.45, 2.75) is 33.3 Å². The van der Waals surface area contributed by atoms with Crippen LogP contribution in [0.5, 0.6) is 11.5 Å². The summed E-state index contributed by atoms with van der Waals surface area (Å²) in [6.45, 7) is 7.58. The summed E-state index contributed by atoms with van der Waals surface area (Å²) in [5, 5.41) is 21.9. The first kappa shape index (κ1) is 24.7. The molecule has 3 N–H and O–H groups in total. The molecular formula is C25H27F2N5O2S. The largest absolute Gasteiger partial charge is 0.454 e. The molecule has 0 aliphatic carbocycles. The summed E-state index contributed by atoms with van der Waals surface area (Å²) in [4.78, 5) is 0. The van der Waals surface area contributed by atoms with Gasteiger partial charge in [0.25, 0.3) is 0 Å². The number of hydrogen-bond donors (Lipinski definition) is 3. The predicted octanol–water partition coefficient (Wildman–Crippen LogP) is 6.04. The average Bonchev–Trinajstić information content (AvgIpc) is 3.18. The van der Waals surface area contributed by atoms with E-state index < -0.39 is 17.2 Å². The molecule has 0 bridgehead atoms. The normalized spacial score (nSPS) is 11.6. The number of anilines is 2. The molecule has 0 spiro atoms. The highest BCUT2D eigenvalue weighted by atomic mass is 32.2. The summed E-state index contributed by atoms with van der Waals surface area (Å²) in [5.74, 6) is 0.376. The molecule has 184 valence electrons. The third-order valence-electron chi connectivity index (χ3n) is 5.13. The fraction of sp³-hybridized carbons (Fsp3) is 0.280. The first-order chi connectivity index (χ1) is 16.6. The van der Waals surface area contributed by atoms with Gasteiger partial charge in [0, 0.05) is 41.4 Å². The Hall–Kier alpha value is -3.37. The van der Waals surface area contributed by atoms with Crippen LogP contribution in [-0.4, -0.2) is 37.6 Å². The van der Waals surface area contributed by atoms with Crippen molar-refractivity contribution in [2.75, 3.05) is 22.3 Å². The molecule has 0 saturated heterocycles. The van der Waals surface area contributed by atoms with Gasteiger partial charge in [-0.15, -0.1) is 10.2 Å². The Labute approximate surface area is 206 Å². The lowest BCUT2D eigenvalue weighted by Gasteiger charge is -2.20. The van der Waals surface area contributed by atoms with Crippen LogP contribution in [0.3, 0.4) is 0 Å². The van der Waals surface area contributed by atoms with Gasteiger partial charge in [-0.3, -0.25) is 4.40 Å². The van der Waals surface area contributed by atoms with Crippen molar-refractivity contribution in [3.8, 4) is 22.6 Å². The molecule has 2 heterocycles. The molecule has 10 heteroatoms. The Morgan fingerprint density at radius 1 is 1.09 bits per heavy atom. The standard InChI is InChI=1S/C25H27F2N5O2S/c1-5-35-31-18-7-9-22(34-23-8-6-17(26)11-20(23)27)19(12-18)16-10-21(28-14-25(3,4)33)24-30-29-15(2)32(24)13-16/h6-13,28,31,33H,5,14H2,1-4H3. The van der Waals surface area contributed by atoms with Gasteiger partial charge in [-0.25, -0.2) is 8.78 Å². The molecule has 0 aliphatic rings. The molecular weight excluding hydrogens is 472 g/mol. The van der Waals surface area contributed by atoms with E-state index in [1.807, 2.05) is 42.6 Å². The third-order valence-corrected chi connectivity index (χ3v) is 5.79. The van der Waals surface area contributed by atoms with E-state index in [0.717, 1.165) is 29.1 Å². The van der Waals surface area contributed by atoms with Crippen LogP contribution in [0.1, 0.15) is 26.6 Å². The highest BCUT2D eigenvalue weighted by Crippen LogP contribution is 2.38. The van der Waals surface area contributed by atoms with Gasteiger partial charge in [-0.1, -0.05) is 18.9 Å². The van der Waals surface area contributed by atoms with Crippen molar-refractivity contribution in [1.82, 2.24) is 14.6 Å². The van der Waals surface area contributed by atoms with E-state index in [4.69, 9.17) is 4.74 Å². The van der Waals surface area contributed by atoms with E-state index in [9.17, 15) is 13.9 Å². The van der Waals surface area contributed by atoms with Gasteiger partial charge in [-0.2, -0.15) is 0 Å². The van der Waals surface area contributed by atoms with Gasteiger partial charge in [0.1, 0.15) is 17.4 Å². The Balaban J connectivity index is 1.84. The van der Waals surface area contributed by atoms with Crippen molar-refractivity contribution in [1.29, 1.82) is 0 Å². The number of halogens is 2. The molecule has 0 saturated carbocycles. The highest BCUT2D eigenvalue weighted by molar-refractivity contribution is 8.00. The van der Waals surface area contributed by atoms with E-state index in [-0.39, 0.29) is 12.3 Å². The molecule has 0 amide bonds. The van der Waals surface area contributed by atoms with Gasteiger partial charge >= 0.3 is 0 Å². The summed E-state index contributed by atoms with van der Waals surface area (Å²) in [6, 6.07) is 10.6. The van der Waals surface area contributed by atoms with Crippen molar-refractivity contribution in [2.24, 2.45) is 0 Å². The smallest absolute Gasteiger partial charge is 0.184 e. The molecule has 0 aliphatic heterocycles. The lowest BCUT2D eigenvalue weighted by atomic mass is 10.0. The summed E-state index contributed by atoms with van der Waals surface area (Å²) in [5.41, 5.74) is 2.60. The molecule has 0 unspecified atom stereocenters. The zero-order chi connectivity index (χ0) is 25.2. The maximum absolute atomic E-state index is 14.4.